The highest BCUT2D eigenvalue weighted by molar-refractivity contribution is 6.34. The number of ether oxygens (including phenoxy) is 1. The van der Waals surface area contributed by atoms with Crippen LogP contribution in [0.1, 0.15) is 15.9 Å². The molecule has 0 heterocycles. The molecule has 0 radical (unpaired) electrons. The maximum absolute atomic E-state index is 11.3. The molecule has 1 aromatic rings. The van der Waals surface area contributed by atoms with Crippen molar-refractivity contribution in [3.8, 4) is 6.07 Å². The Morgan fingerprint density at radius 3 is 2.69 bits per heavy atom. The van der Waals surface area contributed by atoms with Gasteiger partial charge in [0, 0.05) is 6.07 Å². The first kappa shape index (κ1) is 11.9. The van der Waals surface area contributed by atoms with Crippen molar-refractivity contribution in [1.29, 1.82) is 5.26 Å². The molecule has 0 fully saturated rings. The summed E-state index contributed by atoms with van der Waals surface area (Å²) < 4.78 is 4.37. The summed E-state index contributed by atoms with van der Waals surface area (Å²) in [6.07, 6.45) is 0. The third-order valence-corrected chi connectivity index (χ3v) is 2.08. The maximum Gasteiger partial charge on any atom is 0.346 e. The molecule has 0 aromatic heterocycles. The third-order valence-electron chi connectivity index (χ3n) is 1.78. The molecule has 0 unspecified atom stereocenters. The third kappa shape index (κ3) is 2.10. The molecule has 82 valence electrons. The van der Waals surface area contributed by atoms with E-state index in [9.17, 15) is 14.9 Å². The second-order valence-electron chi connectivity index (χ2n) is 2.71. The number of nitrogens with zero attached hydrogens (tertiary/aromatic N) is 2. The molecule has 7 heteroatoms. The largest absolute Gasteiger partial charge is 0.465 e. The van der Waals surface area contributed by atoms with Gasteiger partial charge in [-0.3, -0.25) is 10.1 Å². The molecular formula is C9H5ClN2O4. The lowest BCUT2D eigenvalue weighted by molar-refractivity contribution is -0.385. The van der Waals surface area contributed by atoms with E-state index in [4.69, 9.17) is 16.9 Å². The molecule has 0 amide bonds. The van der Waals surface area contributed by atoms with Crippen LogP contribution < -0.4 is 0 Å². The van der Waals surface area contributed by atoms with E-state index in [-0.39, 0.29) is 16.1 Å². The number of benzene rings is 1. The fourth-order valence-electron chi connectivity index (χ4n) is 1.10. The van der Waals surface area contributed by atoms with E-state index in [1.807, 2.05) is 0 Å². The van der Waals surface area contributed by atoms with Gasteiger partial charge < -0.3 is 4.74 Å². The molecule has 1 aromatic carbocycles. The van der Waals surface area contributed by atoms with Crippen LogP contribution in [0.5, 0.6) is 0 Å². The lowest BCUT2D eigenvalue weighted by atomic mass is 10.1. The number of nitriles is 1. The predicted molar refractivity (Wildman–Crippen MR) is 54.2 cm³/mol. The van der Waals surface area contributed by atoms with E-state index in [0.717, 1.165) is 13.2 Å². The highest BCUT2D eigenvalue weighted by Gasteiger charge is 2.25. The van der Waals surface area contributed by atoms with E-state index in [2.05, 4.69) is 4.74 Å². The van der Waals surface area contributed by atoms with Crippen molar-refractivity contribution < 1.29 is 14.5 Å². The van der Waals surface area contributed by atoms with Gasteiger partial charge in [0.2, 0.25) is 0 Å². The molecule has 0 aliphatic heterocycles. The van der Waals surface area contributed by atoms with Gasteiger partial charge in [0.1, 0.15) is 0 Å². The average Bonchev–Trinajstić information content (AvgIpc) is 2.26. The molecule has 1 rings (SSSR count). The Morgan fingerprint density at radius 2 is 2.25 bits per heavy atom. The summed E-state index contributed by atoms with van der Waals surface area (Å²) in [5.41, 5.74) is -0.895. The Hall–Kier alpha value is -2.13. The molecule has 0 aliphatic rings. The Balaban J connectivity index is 3.53. The zero-order valence-electron chi connectivity index (χ0n) is 8.06. The summed E-state index contributed by atoms with van der Waals surface area (Å²) in [5.74, 6) is -0.916. The van der Waals surface area contributed by atoms with Gasteiger partial charge in [-0.1, -0.05) is 11.6 Å². The minimum Gasteiger partial charge on any atom is -0.465 e. The van der Waals surface area contributed by atoms with Crippen molar-refractivity contribution in [2.75, 3.05) is 7.11 Å². The number of rotatable bonds is 2. The van der Waals surface area contributed by atoms with Crippen LogP contribution in [-0.2, 0) is 4.74 Å². The van der Waals surface area contributed by atoms with Crippen molar-refractivity contribution in [3.63, 3.8) is 0 Å². The summed E-state index contributed by atoms with van der Waals surface area (Å²) in [4.78, 5) is 21.2. The van der Waals surface area contributed by atoms with Gasteiger partial charge in [-0.25, -0.2) is 4.79 Å². The maximum atomic E-state index is 11.3. The number of halogens is 1. The average molecular weight is 241 g/mol. The van der Waals surface area contributed by atoms with Gasteiger partial charge in [0.05, 0.1) is 28.7 Å². The monoisotopic (exact) mass is 240 g/mol. The van der Waals surface area contributed by atoms with Crippen LogP contribution in [0.4, 0.5) is 5.69 Å². The van der Waals surface area contributed by atoms with Crippen LogP contribution in [-0.4, -0.2) is 18.0 Å². The summed E-state index contributed by atoms with van der Waals surface area (Å²) >= 11 is 5.67. The lowest BCUT2D eigenvalue weighted by Crippen LogP contribution is -2.07. The minimum absolute atomic E-state index is 0.00403. The Labute approximate surface area is 95.2 Å². The van der Waals surface area contributed by atoms with Gasteiger partial charge in [0.15, 0.2) is 5.56 Å². The molecule has 0 N–H and O–H groups in total. The van der Waals surface area contributed by atoms with Gasteiger partial charge in [-0.05, 0) is 6.07 Å². The van der Waals surface area contributed by atoms with Gasteiger partial charge in [0.25, 0.3) is 5.69 Å². The summed E-state index contributed by atoms with van der Waals surface area (Å²) in [6.45, 7) is 0. The summed E-state index contributed by atoms with van der Waals surface area (Å²) in [5, 5.41) is 19.1. The predicted octanol–water partition coefficient (Wildman–Crippen LogP) is 1.91. The molecule has 0 aliphatic carbocycles. The van der Waals surface area contributed by atoms with E-state index in [0.29, 0.717) is 0 Å². The Kier molecular flexibility index (Phi) is 3.43. The van der Waals surface area contributed by atoms with Crippen LogP contribution in [0.3, 0.4) is 0 Å². The SMILES string of the molecule is COC(=O)c1c(Cl)cc(C#N)cc1[N+](=O)[O-]. The standard InChI is InChI=1S/C9H5ClN2O4/c1-16-9(13)8-6(10)2-5(4-11)3-7(8)12(14)15/h2-3H,1H3. The summed E-state index contributed by atoms with van der Waals surface area (Å²) in [6, 6.07) is 3.84. The van der Waals surface area contributed by atoms with Crippen molar-refractivity contribution in [2.45, 2.75) is 0 Å². The van der Waals surface area contributed by atoms with Gasteiger partial charge >= 0.3 is 5.97 Å². The van der Waals surface area contributed by atoms with Crippen LogP contribution in [0, 0.1) is 21.4 Å². The number of carbonyl (C=O) groups excluding carboxylic acids is 1. The van der Waals surface area contributed by atoms with Crippen molar-refractivity contribution >= 4 is 23.3 Å². The smallest absolute Gasteiger partial charge is 0.346 e. The lowest BCUT2D eigenvalue weighted by Gasteiger charge is -2.03. The number of hydrogen-bond donors (Lipinski definition) is 0. The molecule has 0 atom stereocenters. The number of esters is 1. The normalized spacial score (nSPS) is 9.31. The first-order chi connectivity index (χ1) is 7.51. The molecule has 0 saturated heterocycles. The molecule has 0 bridgehead atoms. The first-order valence-corrected chi connectivity index (χ1v) is 4.35. The second-order valence-corrected chi connectivity index (χ2v) is 3.12. The topological polar surface area (TPSA) is 93.2 Å². The fourth-order valence-corrected chi connectivity index (χ4v) is 1.40. The Bertz CT molecular complexity index is 507. The molecule has 0 saturated carbocycles. The highest BCUT2D eigenvalue weighted by Crippen LogP contribution is 2.28. The highest BCUT2D eigenvalue weighted by atomic mass is 35.5. The number of carbonyl (C=O) groups is 1. The van der Waals surface area contributed by atoms with Crippen molar-refractivity contribution in [2.24, 2.45) is 0 Å². The molecule has 6 nitrogen and oxygen atoms in total. The van der Waals surface area contributed by atoms with E-state index in [1.54, 1.807) is 6.07 Å². The number of nitro groups is 1. The van der Waals surface area contributed by atoms with Crippen LogP contribution in [0.25, 0.3) is 0 Å². The van der Waals surface area contributed by atoms with Crippen molar-refractivity contribution in [3.05, 3.63) is 38.4 Å². The fraction of sp³-hybridized carbons (Fsp3) is 0.111. The van der Waals surface area contributed by atoms with E-state index in [1.165, 1.54) is 6.07 Å². The zero-order chi connectivity index (χ0) is 12.3. The molecule has 16 heavy (non-hydrogen) atoms. The quantitative estimate of drug-likeness (QED) is 0.447. The first-order valence-electron chi connectivity index (χ1n) is 3.97. The van der Waals surface area contributed by atoms with E-state index < -0.39 is 16.6 Å². The number of methoxy groups -OCH3 is 1. The van der Waals surface area contributed by atoms with Gasteiger partial charge in [-0.15, -0.1) is 0 Å². The summed E-state index contributed by atoms with van der Waals surface area (Å²) in [7, 11) is 1.08. The minimum atomic E-state index is -0.916. The molecule has 0 spiro atoms. The van der Waals surface area contributed by atoms with Gasteiger partial charge in [-0.2, -0.15) is 5.26 Å². The van der Waals surface area contributed by atoms with Crippen LogP contribution >= 0.6 is 11.6 Å². The van der Waals surface area contributed by atoms with Crippen molar-refractivity contribution in [1.82, 2.24) is 0 Å². The molecular weight excluding hydrogens is 236 g/mol. The Morgan fingerprint density at radius 1 is 1.62 bits per heavy atom. The van der Waals surface area contributed by atoms with E-state index >= 15 is 0 Å². The second kappa shape index (κ2) is 4.59. The number of nitro benzene ring substituents is 1. The van der Waals surface area contributed by atoms with Crippen LogP contribution in [0.2, 0.25) is 5.02 Å². The van der Waals surface area contributed by atoms with Crippen LogP contribution in [0.15, 0.2) is 12.1 Å². The zero-order valence-corrected chi connectivity index (χ0v) is 8.82. The number of hydrogen-bond acceptors (Lipinski definition) is 5.